The maximum Gasteiger partial charge on any atom is 0.128 e. The Balaban J connectivity index is 0.000000544. The van der Waals surface area contributed by atoms with Gasteiger partial charge < -0.3 is 14.9 Å². The molecule has 8 bridgehead atoms. The number of ether oxygens (including phenoxy) is 1. The molecule has 12 aliphatic rings. The van der Waals surface area contributed by atoms with Gasteiger partial charge in [-0.2, -0.15) is 26.3 Å². The molecule has 0 atom stereocenters. The standard InChI is InChI=1S/C83H59NO3.5C2H3N/c1-2-3-4-21-42-87-83-79-71-59-34-17-5-22-47(59)65(48-23-6-18-35-60(48)71)73(79)63(74-66-49-24-7-19-36-61(49)72(80(74)83)62-37-20-8-25-50(62)66)41-39-45-38-40-46(64(85)43-45)44-84-81-75-67-51-26-9-13-30-55(51)69(56-31-14-10-27-52(56)67)77(75)82(86)78-70-57-32-15-11-28-53(57)68(76(78)81)54-29-12-16-33-58(54)70;5*1-2-3/h5-20,22-38,40,43-44,65-72,85-86H,2-4,21,42H2,1H3;5*1H3. The number of aliphatic imine (C=N–C) groups is 1. The Labute approximate surface area is 597 Å². The third-order valence-electron chi connectivity index (χ3n) is 21.4. The first-order valence-electron chi connectivity index (χ1n) is 35.1. The van der Waals surface area contributed by atoms with Crippen LogP contribution in [-0.4, -0.2) is 23.0 Å². The zero-order valence-electron chi connectivity index (χ0n) is 57.9. The van der Waals surface area contributed by atoms with E-state index in [-0.39, 0.29) is 53.1 Å². The minimum absolute atomic E-state index is 0.0217. The monoisotopic (exact) mass is 1320 g/mol. The molecule has 0 radical (unpaired) electrons. The number of hydrogen-bond donors (Lipinski definition) is 2. The average molecular weight is 1320 g/mol. The Morgan fingerprint density at radius 1 is 0.353 bits per heavy atom. The van der Waals surface area contributed by atoms with E-state index in [1.165, 1.54) is 159 Å². The minimum Gasteiger partial charge on any atom is -0.507 e. The van der Waals surface area contributed by atoms with Gasteiger partial charge in [-0.1, -0.05) is 232 Å². The van der Waals surface area contributed by atoms with Crippen molar-refractivity contribution in [3.8, 4) is 59.4 Å². The molecule has 11 aromatic carbocycles. The molecule has 12 aliphatic carbocycles. The maximum atomic E-state index is 13.3. The van der Waals surface area contributed by atoms with Crippen molar-refractivity contribution in [3.05, 3.63) is 363 Å². The Morgan fingerprint density at radius 2 is 0.627 bits per heavy atom. The number of nitriles is 5. The van der Waals surface area contributed by atoms with Crippen LogP contribution in [0.4, 0.5) is 5.69 Å². The van der Waals surface area contributed by atoms with Crippen molar-refractivity contribution >= 4 is 11.9 Å². The van der Waals surface area contributed by atoms with Gasteiger partial charge in [0.15, 0.2) is 0 Å². The zero-order chi connectivity index (χ0) is 70.9. The van der Waals surface area contributed by atoms with E-state index in [9.17, 15) is 10.2 Å². The molecule has 0 spiro atoms. The van der Waals surface area contributed by atoms with Gasteiger partial charge in [-0.3, -0.25) is 4.99 Å². The van der Waals surface area contributed by atoms with E-state index in [1.807, 2.05) is 18.3 Å². The summed E-state index contributed by atoms with van der Waals surface area (Å²) in [5.74, 6) is 8.54. The van der Waals surface area contributed by atoms with Crippen LogP contribution in [-0.2, 0) is 0 Å². The van der Waals surface area contributed by atoms with Crippen LogP contribution in [0.3, 0.4) is 0 Å². The van der Waals surface area contributed by atoms with Crippen LogP contribution in [0.15, 0.2) is 217 Å². The van der Waals surface area contributed by atoms with Gasteiger partial charge in [-0.05, 0) is 136 Å². The molecule has 0 unspecified atom stereocenters. The number of hydrogen-bond acceptors (Lipinski definition) is 9. The predicted molar refractivity (Wildman–Crippen MR) is 401 cm³/mol. The molecule has 0 aromatic heterocycles. The van der Waals surface area contributed by atoms with Crippen LogP contribution >= 0.6 is 0 Å². The van der Waals surface area contributed by atoms with Crippen molar-refractivity contribution in [2.75, 3.05) is 6.61 Å². The van der Waals surface area contributed by atoms with Gasteiger partial charge in [0.25, 0.3) is 0 Å². The van der Waals surface area contributed by atoms with Crippen LogP contribution < -0.4 is 4.74 Å². The second kappa shape index (κ2) is 28.4. The van der Waals surface area contributed by atoms with Gasteiger partial charge in [0.1, 0.15) is 17.2 Å². The molecule has 9 heteroatoms. The number of rotatable bonds is 8. The van der Waals surface area contributed by atoms with Gasteiger partial charge in [0.2, 0.25) is 0 Å². The molecule has 494 valence electrons. The van der Waals surface area contributed by atoms with E-state index in [2.05, 4.69) is 219 Å². The molecule has 0 aliphatic heterocycles. The number of nitrogens with zero attached hydrogens (tertiary/aromatic N) is 6. The molecular weight excluding hydrogens is 1250 g/mol. The number of unbranched alkanes of at least 4 members (excludes halogenated alkanes) is 3. The first-order chi connectivity index (χ1) is 50.1. The maximum absolute atomic E-state index is 13.3. The van der Waals surface area contributed by atoms with Gasteiger partial charge in [0, 0.05) is 127 Å². The van der Waals surface area contributed by atoms with Crippen molar-refractivity contribution in [2.24, 2.45) is 4.99 Å². The van der Waals surface area contributed by atoms with Crippen molar-refractivity contribution in [1.82, 2.24) is 0 Å². The van der Waals surface area contributed by atoms with Gasteiger partial charge in [0.05, 0.1) is 42.6 Å². The molecule has 11 aromatic rings. The fourth-order valence-corrected chi connectivity index (χ4v) is 18.2. The second-order valence-corrected chi connectivity index (χ2v) is 26.5. The lowest BCUT2D eigenvalue weighted by Crippen LogP contribution is -2.34. The van der Waals surface area contributed by atoms with Crippen molar-refractivity contribution in [3.63, 3.8) is 0 Å². The molecule has 2 N–H and O–H groups in total. The van der Waals surface area contributed by atoms with E-state index >= 15 is 0 Å². The summed E-state index contributed by atoms with van der Waals surface area (Å²) in [6.07, 6.45) is 6.36. The van der Waals surface area contributed by atoms with E-state index in [4.69, 9.17) is 36.0 Å². The summed E-state index contributed by atoms with van der Waals surface area (Å²) in [6, 6.07) is 86.2. The van der Waals surface area contributed by atoms with Crippen molar-refractivity contribution < 1.29 is 14.9 Å². The molecule has 0 amide bonds. The number of phenolic OH excluding ortho intramolecular Hbond substituents is 2. The summed E-state index contributed by atoms with van der Waals surface area (Å²) >= 11 is 0. The first-order valence-corrected chi connectivity index (χ1v) is 35.1. The highest BCUT2D eigenvalue weighted by atomic mass is 16.5. The third kappa shape index (κ3) is 10.5. The number of phenols is 2. The zero-order valence-corrected chi connectivity index (χ0v) is 57.9. The number of aromatic hydroxyl groups is 2. The van der Waals surface area contributed by atoms with Crippen molar-refractivity contribution in [1.29, 1.82) is 26.3 Å². The van der Waals surface area contributed by atoms with Crippen LogP contribution in [0.25, 0.3) is 0 Å². The fourth-order valence-electron chi connectivity index (χ4n) is 18.2. The summed E-state index contributed by atoms with van der Waals surface area (Å²) in [6.45, 7) is 10.1. The fraction of sp³-hybridized carbons (Fsp3) is 0.204. The van der Waals surface area contributed by atoms with Gasteiger partial charge >= 0.3 is 0 Å². The van der Waals surface area contributed by atoms with Gasteiger partial charge in [-0.15, -0.1) is 0 Å². The lowest BCUT2D eigenvalue weighted by Gasteiger charge is -2.48. The highest BCUT2D eigenvalue weighted by Crippen LogP contribution is 2.69. The summed E-state index contributed by atoms with van der Waals surface area (Å²) in [4.78, 5) is 5.67. The van der Waals surface area contributed by atoms with E-state index < -0.39 is 0 Å². The van der Waals surface area contributed by atoms with E-state index in [0.717, 1.165) is 57.7 Å². The van der Waals surface area contributed by atoms with Crippen LogP contribution in [0.2, 0.25) is 0 Å². The minimum atomic E-state index is -0.163. The third-order valence-corrected chi connectivity index (χ3v) is 21.4. The summed E-state index contributed by atoms with van der Waals surface area (Å²) < 4.78 is 7.47. The molecular formula is C93H74N6O3. The quantitative estimate of drug-likeness (QED) is 0.0856. The van der Waals surface area contributed by atoms with E-state index in [1.54, 1.807) is 30.3 Å². The Bertz CT molecular complexity index is 5000. The average Bonchev–Trinajstić information content (AvgIpc) is 0.674. The summed E-state index contributed by atoms with van der Waals surface area (Å²) in [7, 11) is 0. The first kappa shape index (κ1) is 66.7. The number of benzene rings is 11. The van der Waals surface area contributed by atoms with Crippen molar-refractivity contribution in [2.45, 2.75) is 115 Å². The molecule has 9 nitrogen and oxygen atoms in total. The van der Waals surface area contributed by atoms with Crippen LogP contribution in [0, 0.1) is 68.5 Å². The topological polar surface area (TPSA) is 181 Å². The Kier molecular flexibility index (Phi) is 18.6. The summed E-state index contributed by atoms with van der Waals surface area (Å²) in [5.41, 5.74) is 33.1. The van der Waals surface area contributed by atoms with Crippen LogP contribution in [0.5, 0.6) is 17.2 Å². The Morgan fingerprint density at radius 3 is 0.912 bits per heavy atom. The molecule has 0 saturated heterocycles. The molecule has 0 fully saturated rings. The molecule has 102 heavy (non-hydrogen) atoms. The SMILES string of the molecule is CC#N.CC#N.CC#N.CC#N.CC#N.CCCCCCOc1c2c(c(C#Cc3ccc(C=Nc4c5c(c(O)c6c4C4c7ccccc7C6c6ccccc64)C4c6ccccc6C5c5ccccc54)c(O)c3)c3c1C1c4ccccc4C3c3ccccc31)C1c3ccccc3C2c2ccccc21. The van der Waals surface area contributed by atoms with Crippen LogP contribution in [0.1, 0.15) is 265 Å². The molecule has 0 saturated carbocycles. The largest absolute Gasteiger partial charge is 0.507 e. The Hall–Kier alpha value is -12.5. The summed E-state index contributed by atoms with van der Waals surface area (Å²) in [5, 5.41) is 62.3. The molecule has 23 rings (SSSR count). The second-order valence-electron chi connectivity index (χ2n) is 26.5. The van der Waals surface area contributed by atoms with Gasteiger partial charge in [-0.25, -0.2) is 0 Å². The smallest absolute Gasteiger partial charge is 0.128 e. The van der Waals surface area contributed by atoms with E-state index in [0.29, 0.717) is 17.9 Å². The highest BCUT2D eigenvalue weighted by molar-refractivity contribution is 5.91. The lowest BCUT2D eigenvalue weighted by atomic mass is 9.54. The highest BCUT2D eigenvalue weighted by Gasteiger charge is 2.53. The lowest BCUT2D eigenvalue weighted by molar-refractivity contribution is 0.296. The predicted octanol–water partition coefficient (Wildman–Crippen LogP) is 20.8. The molecule has 0 heterocycles. The normalized spacial score (nSPS) is 18.2.